The zero-order chi connectivity index (χ0) is 14.6. The molecule has 4 saturated carbocycles. The molecule has 1 aromatic rings. The minimum Gasteiger partial charge on any atom is -0.396 e. The maximum absolute atomic E-state index is 11.5. The van der Waals surface area contributed by atoms with Crippen molar-refractivity contribution < 1.29 is 4.79 Å². The molecule has 0 saturated heterocycles. The Balaban J connectivity index is 1.64. The van der Waals surface area contributed by atoms with Crippen LogP contribution >= 0.6 is 0 Å². The van der Waals surface area contributed by atoms with E-state index in [1.54, 1.807) is 6.07 Å². The number of amides is 1. The normalized spacial score (nSPS) is 36.7. The zero-order valence-electron chi connectivity index (χ0n) is 12.3. The highest BCUT2D eigenvalue weighted by Crippen LogP contribution is 2.56. The monoisotopic (exact) mass is 285 g/mol. The third kappa shape index (κ3) is 2.08. The van der Waals surface area contributed by atoms with E-state index >= 15 is 0 Å². The lowest BCUT2D eigenvalue weighted by Gasteiger charge is -2.57. The molecule has 1 amide bonds. The van der Waals surface area contributed by atoms with Gasteiger partial charge in [0.25, 0.3) is 5.91 Å². The summed E-state index contributed by atoms with van der Waals surface area (Å²) in [6, 6.07) is 5.53. The molecule has 21 heavy (non-hydrogen) atoms. The van der Waals surface area contributed by atoms with Gasteiger partial charge in [0.05, 0.1) is 16.9 Å². The molecule has 0 unspecified atom stereocenters. The van der Waals surface area contributed by atoms with Crippen LogP contribution in [0.25, 0.3) is 0 Å². The van der Waals surface area contributed by atoms with Gasteiger partial charge >= 0.3 is 0 Å². The average molecular weight is 285 g/mol. The number of nitrogens with one attached hydrogen (secondary N) is 1. The summed E-state index contributed by atoms with van der Waals surface area (Å²) in [6.45, 7) is 0. The van der Waals surface area contributed by atoms with E-state index in [4.69, 9.17) is 11.5 Å². The quantitative estimate of drug-likeness (QED) is 0.747. The molecule has 4 aliphatic carbocycles. The fourth-order valence-corrected chi connectivity index (χ4v) is 5.44. The number of hydrogen-bond acceptors (Lipinski definition) is 3. The zero-order valence-corrected chi connectivity index (χ0v) is 12.3. The van der Waals surface area contributed by atoms with E-state index in [1.165, 1.54) is 38.5 Å². The second-order valence-electron chi connectivity index (χ2n) is 7.45. The van der Waals surface area contributed by atoms with Gasteiger partial charge in [0.2, 0.25) is 0 Å². The van der Waals surface area contributed by atoms with Gasteiger partial charge < -0.3 is 16.8 Å². The van der Waals surface area contributed by atoms with Crippen molar-refractivity contribution in [1.82, 2.24) is 0 Å². The van der Waals surface area contributed by atoms with Crippen LogP contribution in [0.15, 0.2) is 18.2 Å². The van der Waals surface area contributed by atoms with Gasteiger partial charge in [0, 0.05) is 5.54 Å². The SMILES string of the molecule is NC(=O)c1cccc(NC23CC4CC(CC(C4)C2)C3)c1N. The third-order valence-corrected chi connectivity index (χ3v) is 5.81. The van der Waals surface area contributed by atoms with E-state index in [0.717, 1.165) is 23.4 Å². The van der Waals surface area contributed by atoms with Crippen molar-refractivity contribution in [1.29, 1.82) is 0 Å². The molecule has 0 heterocycles. The van der Waals surface area contributed by atoms with Crippen molar-refractivity contribution in [3.8, 4) is 0 Å². The summed E-state index contributed by atoms with van der Waals surface area (Å²) in [5.41, 5.74) is 13.5. The van der Waals surface area contributed by atoms with E-state index in [-0.39, 0.29) is 5.54 Å². The lowest BCUT2D eigenvalue weighted by atomic mass is 9.53. The van der Waals surface area contributed by atoms with Crippen LogP contribution in [0.4, 0.5) is 11.4 Å². The Morgan fingerprint density at radius 3 is 2.19 bits per heavy atom. The number of hydrogen-bond donors (Lipinski definition) is 3. The number of anilines is 2. The highest BCUT2D eigenvalue weighted by atomic mass is 16.1. The minimum absolute atomic E-state index is 0.194. The van der Waals surface area contributed by atoms with Crippen molar-refractivity contribution >= 4 is 17.3 Å². The number of nitrogens with two attached hydrogens (primary N) is 2. The van der Waals surface area contributed by atoms with Gasteiger partial charge in [0.15, 0.2) is 0 Å². The lowest BCUT2D eigenvalue weighted by Crippen LogP contribution is -2.54. The summed E-state index contributed by atoms with van der Waals surface area (Å²) in [5.74, 6) is 2.18. The number of benzene rings is 1. The third-order valence-electron chi connectivity index (χ3n) is 5.81. The van der Waals surface area contributed by atoms with Crippen molar-refractivity contribution in [2.45, 2.75) is 44.1 Å². The van der Waals surface area contributed by atoms with E-state index < -0.39 is 5.91 Å². The molecule has 5 N–H and O–H groups in total. The number of carbonyl (C=O) groups excluding carboxylic acids is 1. The second-order valence-corrected chi connectivity index (χ2v) is 7.45. The number of nitrogen functional groups attached to an aromatic ring is 1. The molecule has 4 aliphatic rings. The maximum Gasteiger partial charge on any atom is 0.250 e. The number of rotatable bonds is 3. The first-order chi connectivity index (χ1) is 10.0. The minimum atomic E-state index is -0.457. The second kappa shape index (κ2) is 4.39. The Kier molecular flexibility index (Phi) is 2.72. The Labute approximate surface area is 125 Å². The highest BCUT2D eigenvalue weighted by Gasteiger charge is 2.51. The van der Waals surface area contributed by atoms with Crippen LogP contribution in [-0.4, -0.2) is 11.4 Å². The first kappa shape index (κ1) is 13.0. The van der Waals surface area contributed by atoms with Gasteiger partial charge in [-0.15, -0.1) is 0 Å². The topological polar surface area (TPSA) is 81.1 Å². The standard InChI is InChI=1S/C17H23N3O/c18-15-13(16(19)21)2-1-3-14(15)20-17-7-10-4-11(8-17)6-12(5-10)9-17/h1-3,10-12,20H,4-9,18H2,(H2,19,21). The molecular formula is C17H23N3O. The Bertz CT molecular complexity index is 560. The molecule has 4 heteroatoms. The molecular weight excluding hydrogens is 262 g/mol. The average Bonchev–Trinajstić information content (AvgIpc) is 2.39. The fraction of sp³-hybridized carbons (Fsp3) is 0.588. The molecule has 0 atom stereocenters. The van der Waals surface area contributed by atoms with Gasteiger partial charge in [-0.3, -0.25) is 4.79 Å². The largest absolute Gasteiger partial charge is 0.396 e. The van der Waals surface area contributed by atoms with Crippen LogP contribution < -0.4 is 16.8 Å². The van der Waals surface area contributed by atoms with Gasteiger partial charge in [-0.2, -0.15) is 0 Å². The van der Waals surface area contributed by atoms with E-state index in [1.807, 2.05) is 12.1 Å². The van der Waals surface area contributed by atoms with Crippen LogP contribution in [0.5, 0.6) is 0 Å². The summed E-state index contributed by atoms with van der Waals surface area (Å²) in [5, 5.41) is 3.72. The van der Waals surface area contributed by atoms with Crippen LogP contribution in [0, 0.1) is 17.8 Å². The maximum atomic E-state index is 11.5. The highest BCUT2D eigenvalue weighted by molar-refractivity contribution is 6.00. The molecule has 112 valence electrons. The van der Waals surface area contributed by atoms with Crippen LogP contribution in [0.1, 0.15) is 48.9 Å². The van der Waals surface area contributed by atoms with Crippen molar-refractivity contribution in [3.05, 3.63) is 23.8 Å². The van der Waals surface area contributed by atoms with Crippen LogP contribution in [0.3, 0.4) is 0 Å². The molecule has 4 bridgehead atoms. The molecule has 4 fully saturated rings. The number of carbonyl (C=O) groups is 1. The summed E-state index contributed by atoms with van der Waals surface area (Å²) in [6.07, 6.45) is 7.99. The lowest BCUT2D eigenvalue weighted by molar-refractivity contribution is 0.0107. The number of para-hydroxylation sites is 1. The summed E-state index contributed by atoms with van der Waals surface area (Å²) >= 11 is 0. The first-order valence-electron chi connectivity index (χ1n) is 8.01. The predicted octanol–water partition coefficient (Wildman–Crippen LogP) is 2.75. The smallest absolute Gasteiger partial charge is 0.250 e. The van der Waals surface area contributed by atoms with Gasteiger partial charge in [-0.25, -0.2) is 0 Å². The van der Waals surface area contributed by atoms with Crippen molar-refractivity contribution in [3.63, 3.8) is 0 Å². The molecule has 4 nitrogen and oxygen atoms in total. The van der Waals surface area contributed by atoms with E-state index in [2.05, 4.69) is 5.32 Å². The molecule has 1 aromatic carbocycles. The molecule has 5 rings (SSSR count). The fourth-order valence-electron chi connectivity index (χ4n) is 5.44. The first-order valence-corrected chi connectivity index (χ1v) is 8.01. The van der Waals surface area contributed by atoms with E-state index in [0.29, 0.717) is 11.3 Å². The Morgan fingerprint density at radius 2 is 1.67 bits per heavy atom. The summed E-state index contributed by atoms with van der Waals surface area (Å²) in [4.78, 5) is 11.5. The summed E-state index contributed by atoms with van der Waals surface area (Å²) in [7, 11) is 0. The Hall–Kier alpha value is -1.71. The molecule has 0 spiro atoms. The molecule has 0 aromatic heterocycles. The van der Waals surface area contributed by atoms with Crippen molar-refractivity contribution in [2.75, 3.05) is 11.1 Å². The molecule has 0 aliphatic heterocycles. The van der Waals surface area contributed by atoms with Crippen molar-refractivity contribution in [2.24, 2.45) is 23.5 Å². The van der Waals surface area contributed by atoms with Crippen LogP contribution in [0.2, 0.25) is 0 Å². The van der Waals surface area contributed by atoms with Crippen LogP contribution in [-0.2, 0) is 0 Å². The summed E-state index contributed by atoms with van der Waals surface area (Å²) < 4.78 is 0. The van der Waals surface area contributed by atoms with Gasteiger partial charge in [-0.05, 0) is 68.4 Å². The Morgan fingerprint density at radius 1 is 1.10 bits per heavy atom. The van der Waals surface area contributed by atoms with Gasteiger partial charge in [-0.1, -0.05) is 6.07 Å². The predicted molar refractivity (Wildman–Crippen MR) is 83.9 cm³/mol. The molecule has 0 radical (unpaired) electrons. The van der Waals surface area contributed by atoms with Gasteiger partial charge in [0.1, 0.15) is 0 Å². The van der Waals surface area contributed by atoms with E-state index in [9.17, 15) is 4.79 Å². The number of primary amides is 1.